The van der Waals surface area contributed by atoms with Gasteiger partial charge in [0.2, 0.25) is 0 Å². The van der Waals surface area contributed by atoms with Gasteiger partial charge in [-0.3, -0.25) is 4.21 Å². The maximum Gasteiger partial charge on any atom is 0.0577 e. The van der Waals surface area contributed by atoms with Crippen molar-refractivity contribution in [1.82, 2.24) is 0 Å². The molecule has 1 aliphatic carbocycles. The lowest BCUT2D eigenvalue weighted by Crippen LogP contribution is -2.35. The van der Waals surface area contributed by atoms with E-state index in [-0.39, 0.29) is 0 Å². The van der Waals surface area contributed by atoms with E-state index in [9.17, 15) is 4.21 Å². The zero-order valence-electron chi connectivity index (χ0n) is 8.91. The summed E-state index contributed by atoms with van der Waals surface area (Å²) in [4.78, 5) is 0. The highest BCUT2D eigenvalue weighted by Gasteiger charge is 2.28. The van der Waals surface area contributed by atoms with E-state index in [2.05, 4.69) is 0 Å². The van der Waals surface area contributed by atoms with Gasteiger partial charge in [-0.25, -0.2) is 0 Å². The fourth-order valence-corrected chi connectivity index (χ4v) is 3.85. The fourth-order valence-electron chi connectivity index (χ4n) is 2.11. The first-order valence-corrected chi connectivity index (χ1v) is 6.74. The molecule has 0 aromatic carbocycles. The summed E-state index contributed by atoms with van der Waals surface area (Å²) < 4.78 is 16.8. The maximum absolute atomic E-state index is 11.9. The van der Waals surface area contributed by atoms with Crippen LogP contribution in [0.3, 0.4) is 0 Å². The molecule has 0 aliphatic heterocycles. The Hall–Kier alpha value is 0.0700. The highest BCUT2D eigenvalue weighted by atomic mass is 32.2. The molecule has 14 heavy (non-hydrogen) atoms. The number of nitrogens with two attached hydrogens (primary N) is 1. The van der Waals surface area contributed by atoms with Gasteiger partial charge >= 0.3 is 0 Å². The van der Waals surface area contributed by atoms with Crippen LogP contribution in [0.1, 0.15) is 25.7 Å². The molecule has 1 fully saturated rings. The Morgan fingerprint density at radius 3 is 2.79 bits per heavy atom. The molecule has 0 radical (unpaired) electrons. The summed E-state index contributed by atoms with van der Waals surface area (Å²) in [7, 11) is 0.910. The van der Waals surface area contributed by atoms with Crippen molar-refractivity contribution in [3.63, 3.8) is 0 Å². The highest BCUT2D eigenvalue weighted by molar-refractivity contribution is 7.85. The first kappa shape index (κ1) is 12.1. The Balaban J connectivity index is 2.41. The van der Waals surface area contributed by atoms with Gasteiger partial charge in [-0.1, -0.05) is 12.8 Å². The van der Waals surface area contributed by atoms with Crippen molar-refractivity contribution in [3.05, 3.63) is 0 Å². The first-order valence-electron chi connectivity index (χ1n) is 5.35. The van der Waals surface area contributed by atoms with E-state index in [1.165, 1.54) is 12.8 Å². The topological polar surface area (TPSA) is 52.3 Å². The zero-order valence-corrected chi connectivity index (χ0v) is 9.72. The summed E-state index contributed by atoms with van der Waals surface area (Å²) in [6.45, 7) is 1.28. The maximum atomic E-state index is 11.9. The molecule has 0 aromatic heterocycles. The van der Waals surface area contributed by atoms with E-state index in [4.69, 9.17) is 10.5 Å². The SMILES string of the molecule is COCCS(=O)C1CCCCC1CN. The van der Waals surface area contributed by atoms with Crippen molar-refractivity contribution < 1.29 is 8.95 Å². The average molecular weight is 219 g/mol. The van der Waals surface area contributed by atoms with E-state index in [0.717, 1.165) is 12.8 Å². The van der Waals surface area contributed by atoms with E-state index in [1.54, 1.807) is 7.11 Å². The quantitative estimate of drug-likeness (QED) is 0.747. The molecule has 0 aromatic rings. The molecule has 1 aliphatic rings. The van der Waals surface area contributed by atoms with E-state index >= 15 is 0 Å². The molecule has 2 N–H and O–H groups in total. The van der Waals surface area contributed by atoms with Gasteiger partial charge in [-0.2, -0.15) is 0 Å². The zero-order chi connectivity index (χ0) is 10.4. The lowest BCUT2D eigenvalue weighted by Gasteiger charge is -2.29. The summed E-state index contributed by atoms with van der Waals surface area (Å²) in [6.07, 6.45) is 4.69. The fraction of sp³-hybridized carbons (Fsp3) is 1.00. The van der Waals surface area contributed by atoms with E-state index < -0.39 is 10.8 Å². The summed E-state index contributed by atoms with van der Waals surface area (Å²) in [6, 6.07) is 0. The van der Waals surface area contributed by atoms with Crippen molar-refractivity contribution in [1.29, 1.82) is 0 Å². The second-order valence-electron chi connectivity index (χ2n) is 3.90. The normalized spacial score (nSPS) is 30.1. The predicted octanol–water partition coefficient (Wildman–Crippen LogP) is 0.899. The second-order valence-corrected chi connectivity index (χ2v) is 5.67. The molecule has 0 bridgehead atoms. The van der Waals surface area contributed by atoms with Crippen LogP contribution in [-0.2, 0) is 15.5 Å². The van der Waals surface area contributed by atoms with Crippen LogP contribution < -0.4 is 5.73 Å². The highest BCUT2D eigenvalue weighted by Crippen LogP contribution is 2.27. The average Bonchev–Trinajstić information content (AvgIpc) is 2.25. The van der Waals surface area contributed by atoms with Crippen LogP contribution in [0.25, 0.3) is 0 Å². The molecule has 1 rings (SSSR count). The first-order chi connectivity index (χ1) is 6.79. The number of methoxy groups -OCH3 is 1. The Labute approximate surface area is 88.8 Å². The molecule has 0 saturated heterocycles. The Morgan fingerprint density at radius 2 is 2.14 bits per heavy atom. The second kappa shape index (κ2) is 6.53. The van der Waals surface area contributed by atoms with Crippen LogP contribution in [0.4, 0.5) is 0 Å². The third kappa shape index (κ3) is 3.33. The number of ether oxygens (including phenoxy) is 1. The Bertz CT molecular complexity index is 187. The predicted molar refractivity (Wildman–Crippen MR) is 59.7 cm³/mol. The van der Waals surface area contributed by atoms with Crippen LogP contribution >= 0.6 is 0 Å². The van der Waals surface area contributed by atoms with Gasteiger partial charge in [-0.15, -0.1) is 0 Å². The van der Waals surface area contributed by atoms with Gasteiger partial charge in [0.15, 0.2) is 0 Å². The molecular formula is C10H21NO2S. The van der Waals surface area contributed by atoms with Gasteiger partial charge in [0.1, 0.15) is 0 Å². The minimum absolute atomic E-state index is 0.323. The third-order valence-corrected chi connectivity index (χ3v) is 4.83. The minimum Gasteiger partial charge on any atom is -0.384 e. The summed E-state index contributed by atoms with van der Waals surface area (Å²) in [5.41, 5.74) is 5.69. The smallest absolute Gasteiger partial charge is 0.0577 e. The number of rotatable bonds is 5. The van der Waals surface area contributed by atoms with Crippen LogP contribution in [0.5, 0.6) is 0 Å². The standard InChI is InChI=1S/C10H21NO2S/c1-13-6-7-14(12)10-5-3-2-4-9(10)8-11/h9-10H,2-8,11H2,1H3. The molecule has 1 saturated carbocycles. The van der Waals surface area contributed by atoms with Crippen molar-refractivity contribution >= 4 is 10.8 Å². The summed E-state index contributed by atoms with van der Waals surface area (Å²) in [5, 5.41) is 0.323. The molecule has 3 nitrogen and oxygen atoms in total. The molecule has 4 heteroatoms. The van der Waals surface area contributed by atoms with Crippen LogP contribution in [0.15, 0.2) is 0 Å². The van der Waals surface area contributed by atoms with Gasteiger partial charge in [0.25, 0.3) is 0 Å². The minimum atomic E-state index is -0.741. The van der Waals surface area contributed by atoms with Gasteiger partial charge in [-0.05, 0) is 25.3 Å². The Morgan fingerprint density at radius 1 is 1.43 bits per heavy atom. The molecular weight excluding hydrogens is 198 g/mol. The number of hydrogen-bond acceptors (Lipinski definition) is 3. The summed E-state index contributed by atoms with van der Waals surface area (Å²) >= 11 is 0. The lowest BCUT2D eigenvalue weighted by atomic mass is 9.89. The van der Waals surface area contributed by atoms with Crippen molar-refractivity contribution in [2.45, 2.75) is 30.9 Å². The number of hydrogen-bond donors (Lipinski definition) is 1. The molecule has 0 heterocycles. The molecule has 0 amide bonds. The van der Waals surface area contributed by atoms with Crippen molar-refractivity contribution in [3.8, 4) is 0 Å². The molecule has 0 spiro atoms. The van der Waals surface area contributed by atoms with Crippen LogP contribution in [-0.4, -0.2) is 35.5 Å². The van der Waals surface area contributed by atoms with E-state index in [1.807, 2.05) is 0 Å². The Kier molecular flexibility index (Phi) is 5.67. The van der Waals surface area contributed by atoms with Crippen molar-refractivity contribution in [2.24, 2.45) is 11.7 Å². The van der Waals surface area contributed by atoms with Gasteiger partial charge in [0.05, 0.1) is 6.61 Å². The van der Waals surface area contributed by atoms with Crippen molar-refractivity contribution in [2.75, 3.05) is 26.0 Å². The van der Waals surface area contributed by atoms with Crippen LogP contribution in [0.2, 0.25) is 0 Å². The van der Waals surface area contributed by atoms with E-state index in [0.29, 0.717) is 30.1 Å². The summed E-state index contributed by atoms with van der Waals surface area (Å²) in [5.74, 6) is 1.14. The largest absolute Gasteiger partial charge is 0.384 e. The van der Waals surface area contributed by atoms with Crippen LogP contribution in [0, 0.1) is 5.92 Å². The third-order valence-electron chi connectivity index (χ3n) is 2.97. The monoisotopic (exact) mass is 219 g/mol. The molecule has 3 unspecified atom stereocenters. The molecule has 3 atom stereocenters. The lowest BCUT2D eigenvalue weighted by molar-refractivity contribution is 0.217. The molecule has 84 valence electrons. The van der Waals surface area contributed by atoms with Gasteiger partial charge in [0, 0.05) is 28.9 Å². The van der Waals surface area contributed by atoms with Gasteiger partial charge < -0.3 is 10.5 Å².